The molecule has 0 aliphatic rings. The molecule has 0 unspecified atom stereocenters. The van der Waals surface area contributed by atoms with Gasteiger partial charge in [0.15, 0.2) is 5.65 Å². The van der Waals surface area contributed by atoms with Gasteiger partial charge in [-0.15, -0.1) is 10.2 Å². The van der Waals surface area contributed by atoms with Crippen LogP contribution < -0.4 is 5.43 Å². The number of anilines is 1. The standard InChI is InChI=1S/C17H11BrCl2N6/c1-26-14-5-3-10(18)6-12(14)15-16(26)22-17(25-23-15)24-21-8-9-2-4-11(19)7-13(9)20/h2-8H,1H3,(H,22,24,25)/b21-8+. The Morgan fingerprint density at radius 1 is 1.15 bits per heavy atom. The van der Waals surface area contributed by atoms with Gasteiger partial charge in [0.25, 0.3) is 5.95 Å². The zero-order valence-electron chi connectivity index (χ0n) is 13.4. The summed E-state index contributed by atoms with van der Waals surface area (Å²) in [4.78, 5) is 4.50. The topological polar surface area (TPSA) is 68.0 Å². The van der Waals surface area contributed by atoms with Crippen molar-refractivity contribution in [2.75, 3.05) is 5.43 Å². The number of aromatic nitrogens is 4. The van der Waals surface area contributed by atoms with Crippen LogP contribution in [0.3, 0.4) is 0 Å². The summed E-state index contributed by atoms with van der Waals surface area (Å²) >= 11 is 15.5. The maximum absolute atomic E-state index is 6.11. The van der Waals surface area contributed by atoms with Gasteiger partial charge in [-0.1, -0.05) is 45.2 Å². The first-order chi connectivity index (χ1) is 12.5. The molecule has 4 aromatic rings. The van der Waals surface area contributed by atoms with Crippen LogP contribution >= 0.6 is 39.1 Å². The molecule has 4 rings (SSSR count). The molecule has 0 atom stereocenters. The van der Waals surface area contributed by atoms with Gasteiger partial charge in [0, 0.05) is 27.5 Å². The maximum Gasteiger partial charge on any atom is 0.265 e. The van der Waals surface area contributed by atoms with Gasteiger partial charge >= 0.3 is 0 Å². The van der Waals surface area contributed by atoms with E-state index in [1.165, 1.54) is 0 Å². The van der Waals surface area contributed by atoms with Crippen molar-refractivity contribution in [3.05, 3.63) is 56.5 Å². The van der Waals surface area contributed by atoms with Crippen molar-refractivity contribution in [3.63, 3.8) is 0 Å². The maximum atomic E-state index is 6.11. The number of rotatable bonds is 3. The second-order valence-electron chi connectivity index (χ2n) is 5.56. The van der Waals surface area contributed by atoms with E-state index in [1.54, 1.807) is 24.4 Å². The van der Waals surface area contributed by atoms with Gasteiger partial charge in [-0.05, 0) is 30.3 Å². The minimum Gasteiger partial charge on any atom is -0.327 e. The summed E-state index contributed by atoms with van der Waals surface area (Å²) in [5.41, 5.74) is 5.99. The molecule has 2 heterocycles. The number of halogens is 3. The first-order valence-electron chi connectivity index (χ1n) is 7.55. The fraction of sp³-hybridized carbons (Fsp3) is 0.0588. The van der Waals surface area contributed by atoms with Crippen LogP contribution in [0.2, 0.25) is 10.0 Å². The lowest BCUT2D eigenvalue weighted by molar-refractivity contribution is 0.949. The molecule has 0 aliphatic carbocycles. The fourth-order valence-electron chi connectivity index (χ4n) is 2.64. The van der Waals surface area contributed by atoms with Crippen LogP contribution in [0.4, 0.5) is 5.95 Å². The third kappa shape index (κ3) is 3.13. The van der Waals surface area contributed by atoms with Gasteiger partial charge in [-0.3, -0.25) is 0 Å². The van der Waals surface area contributed by atoms with E-state index in [2.05, 4.69) is 41.6 Å². The molecule has 0 amide bonds. The SMILES string of the molecule is Cn1c2ccc(Br)cc2c2nnc(N/N=C/c3ccc(Cl)cc3Cl)nc21. The van der Waals surface area contributed by atoms with Crippen molar-refractivity contribution >= 4 is 73.4 Å². The monoisotopic (exact) mass is 448 g/mol. The Labute approximate surface area is 167 Å². The summed E-state index contributed by atoms with van der Waals surface area (Å²) in [5, 5.41) is 14.6. The molecule has 0 spiro atoms. The number of nitrogens with zero attached hydrogens (tertiary/aromatic N) is 5. The third-order valence-electron chi connectivity index (χ3n) is 3.89. The first kappa shape index (κ1) is 17.2. The molecule has 26 heavy (non-hydrogen) atoms. The predicted molar refractivity (Wildman–Crippen MR) is 109 cm³/mol. The molecule has 6 nitrogen and oxygen atoms in total. The van der Waals surface area contributed by atoms with Gasteiger partial charge < -0.3 is 4.57 Å². The molecule has 0 aliphatic heterocycles. The largest absolute Gasteiger partial charge is 0.327 e. The summed E-state index contributed by atoms with van der Waals surface area (Å²) < 4.78 is 2.95. The molecule has 2 aromatic carbocycles. The Kier molecular flexibility index (Phi) is 4.52. The lowest BCUT2D eigenvalue weighted by Crippen LogP contribution is -2.00. The third-order valence-corrected chi connectivity index (χ3v) is 4.95. The average molecular weight is 450 g/mol. The normalized spacial score (nSPS) is 11.7. The minimum absolute atomic E-state index is 0.295. The van der Waals surface area contributed by atoms with Crippen molar-refractivity contribution < 1.29 is 0 Å². The van der Waals surface area contributed by atoms with E-state index in [1.807, 2.05) is 29.8 Å². The highest BCUT2D eigenvalue weighted by molar-refractivity contribution is 9.10. The Bertz CT molecular complexity index is 1170. The Hall–Kier alpha value is -2.22. The molecule has 2 aromatic heterocycles. The molecule has 0 saturated heterocycles. The highest BCUT2D eigenvalue weighted by atomic mass is 79.9. The Morgan fingerprint density at radius 3 is 2.81 bits per heavy atom. The number of nitrogens with one attached hydrogen (secondary N) is 1. The second kappa shape index (κ2) is 6.83. The molecule has 0 bridgehead atoms. The van der Waals surface area contributed by atoms with E-state index in [0.29, 0.717) is 16.0 Å². The van der Waals surface area contributed by atoms with Gasteiger partial charge in [-0.25, -0.2) is 5.43 Å². The van der Waals surface area contributed by atoms with Crippen molar-refractivity contribution in [2.24, 2.45) is 12.1 Å². The average Bonchev–Trinajstić information content (AvgIpc) is 2.89. The molecule has 9 heteroatoms. The van der Waals surface area contributed by atoms with E-state index >= 15 is 0 Å². The smallest absolute Gasteiger partial charge is 0.265 e. The van der Waals surface area contributed by atoms with Crippen LogP contribution in [-0.4, -0.2) is 26.0 Å². The van der Waals surface area contributed by atoms with Crippen molar-refractivity contribution in [1.82, 2.24) is 19.7 Å². The van der Waals surface area contributed by atoms with Gasteiger partial charge in [0.05, 0.1) is 16.8 Å². The summed E-state index contributed by atoms with van der Waals surface area (Å²) in [6.45, 7) is 0. The highest BCUT2D eigenvalue weighted by Crippen LogP contribution is 2.28. The fourth-order valence-corrected chi connectivity index (χ4v) is 3.46. The first-order valence-corrected chi connectivity index (χ1v) is 9.10. The van der Waals surface area contributed by atoms with E-state index in [0.717, 1.165) is 32.1 Å². The van der Waals surface area contributed by atoms with Gasteiger partial charge in [0.1, 0.15) is 5.52 Å². The second-order valence-corrected chi connectivity index (χ2v) is 7.32. The van der Waals surface area contributed by atoms with Crippen LogP contribution in [-0.2, 0) is 7.05 Å². The lowest BCUT2D eigenvalue weighted by Gasteiger charge is -2.00. The van der Waals surface area contributed by atoms with Crippen LogP contribution in [0, 0.1) is 0 Å². The summed E-state index contributed by atoms with van der Waals surface area (Å²) in [7, 11) is 1.94. The van der Waals surface area contributed by atoms with Crippen LogP contribution in [0.15, 0.2) is 46.0 Å². The molecule has 130 valence electrons. The Balaban J connectivity index is 1.66. The Morgan fingerprint density at radius 2 is 2.00 bits per heavy atom. The molecular formula is C17H11BrCl2N6. The minimum atomic E-state index is 0.295. The number of hydrazone groups is 1. The zero-order chi connectivity index (χ0) is 18.3. The van der Waals surface area contributed by atoms with E-state index in [-0.39, 0.29) is 0 Å². The van der Waals surface area contributed by atoms with Crippen LogP contribution in [0.5, 0.6) is 0 Å². The van der Waals surface area contributed by atoms with Crippen molar-refractivity contribution in [3.8, 4) is 0 Å². The number of benzene rings is 2. The van der Waals surface area contributed by atoms with Gasteiger partial charge in [0.2, 0.25) is 0 Å². The number of hydrogen-bond donors (Lipinski definition) is 1. The summed E-state index contributed by atoms with van der Waals surface area (Å²) in [6.07, 6.45) is 1.57. The number of fused-ring (bicyclic) bond motifs is 3. The molecule has 0 fully saturated rings. The van der Waals surface area contributed by atoms with Crippen molar-refractivity contribution in [2.45, 2.75) is 0 Å². The quantitative estimate of drug-likeness (QED) is 0.351. The highest BCUT2D eigenvalue weighted by Gasteiger charge is 2.12. The van der Waals surface area contributed by atoms with Crippen LogP contribution in [0.25, 0.3) is 22.1 Å². The van der Waals surface area contributed by atoms with E-state index < -0.39 is 0 Å². The summed E-state index contributed by atoms with van der Waals surface area (Å²) in [6, 6.07) is 11.2. The van der Waals surface area contributed by atoms with E-state index in [4.69, 9.17) is 23.2 Å². The number of hydrogen-bond acceptors (Lipinski definition) is 5. The number of aryl methyl sites for hydroxylation is 1. The molecule has 1 N–H and O–H groups in total. The lowest BCUT2D eigenvalue weighted by atomic mass is 10.2. The molecule has 0 saturated carbocycles. The van der Waals surface area contributed by atoms with Gasteiger partial charge in [-0.2, -0.15) is 10.1 Å². The van der Waals surface area contributed by atoms with Crippen molar-refractivity contribution in [1.29, 1.82) is 0 Å². The van der Waals surface area contributed by atoms with E-state index in [9.17, 15) is 0 Å². The summed E-state index contributed by atoms with van der Waals surface area (Å²) in [5.74, 6) is 0.295. The molecule has 0 radical (unpaired) electrons. The van der Waals surface area contributed by atoms with Crippen LogP contribution in [0.1, 0.15) is 5.56 Å². The molecular weight excluding hydrogens is 439 g/mol. The predicted octanol–water partition coefficient (Wildman–Crippen LogP) is 5.03. The zero-order valence-corrected chi connectivity index (χ0v) is 16.5.